The Labute approximate surface area is 103 Å². The fourth-order valence-electron chi connectivity index (χ4n) is 2.14. The second kappa shape index (κ2) is 4.15. The van der Waals surface area contributed by atoms with Gasteiger partial charge in [0.25, 0.3) is 0 Å². The molecule has 2 heterocycles. The van der Waals surface area contributed by atoms with Crippen LogP contribution in [0.25, 0.3) is 0 Å². The number of rotatable bonds is 3. The molecule has 0 N–H and O–H groups in total. The van der Waals surface area contributed by atoms with Gasteiger partial charge < -0.3 is 4.42 Å². The molecule has 0 aromatic carbocycles. The molecule has 1 fully saturated rings. The Morgan fingerprint density at radius 3 is 2.67 bits per heavy atom. The summed E-state index contributed by atoms with van der Waals surface area (Å²) in [7, 11) is 0. The summed E-state index contributed by atoms with van der Waals surface area (Å²) in [5.74, 6) is -2.33. The van der Waals surface area contributed by atoms with Gasteiger partial charge in [0.2, 0.25) is 5.92 Å². The summed E-state index contributed by atoms with van der Waals surface area (Å²) in [6.45, 7) is 0. The molecule has 2 aromatic rings. The highest BCUT2D eigenvalue weighted by atomic mass is 19.3. The molecule has 18 heavy (non-hydrogen) atoms. The molecule has 0 amide bonds. The van der Waals surface area contributed by atoms with E-state index in [2.05, 4.69) is 9.97 Å². The Hall–Kier alpha value is -1.78. The number of oxazole rings is 1. The molecule has 3 rings (SSSR count). The molecule has 0 aliphatic heterocycles. The van der Waals surface area contributed by atoms with Crippen LogP contribution in [0.5, 0.6) is 0 Å². The Kier molecular flexibility index (Phi) is 2.61. The van der Waals surface area contributed by atoms with Gasteiger partial charge in [0.15, 0.2) is 5.89 Å². The Morgan fingerprint density at radius 1 is 1.28 bits per heavy atom. The lowest BCUT2D eigenvalue weighted by Crippen LogP contribution is -2.33. The summed E-state index contributed by atoms with van der Waals surface area (Å²) < 4.78 is 30.8. The monoisotopic (exact) mass is 250 g/mol. The summed E-state index contributed by atoms with van der Waals surface area (Å²) >= 11 is 0. The highest BCUT2D eigenvalue weighted by Gasteiger charge is 2.48. The third-order valence-electron chi connectivity index (χ3n) is 3.14. The van der Waals surface area contributed by atoms with E-state index < -0.39 is 5.92 Å². The normalized spacial score (nSPS) is 18.6. The van der Waals surface area contributed by atoms with Crippen LogP contribution >= 0.6 is 0 Å². The van der Waals surface area contributed by atoms with Gasteiger partial charge in [0, 0.05) is 37.6 Å². The average Bonchev–Trinajstić information content (AvgIpc) is 2.75. The first-order valence-corrected chi connectivity index (χ1v) is 5.83. The second-order valence-corrected chi connectivity index (χ2v) is 4.67. The van der Waals surface area contributed by atoms with Crippen molar-refractivity contribution in [3.63, 3.8) is 0 Å². The molecule has 0 saturated heterocycles. The second-order valence-electron chi connectivity index (χ2n) is 4.67. The number of pyridine rings is 1. The van der Waals surface area contributed by atoms with Crippen LogP contribution in [0.15, 0.2) is 35.2 Å². The van der Waals surface area contributed by atoms with Crippen LogP contribution < -0.4 is 0 Å². The van der Waals surface area contributed by atoms with Gasteiger partial charge in [-0.1, -0.05) is 0 Å². The molecule has 2 aromatic heterocycles. The molecule has 5 heteroatoms. The molecule has 0 atom stereocenters. The van der Waals surface area contributed by atoms with Crippen molar-refractivity contribution < 1.29 is 13.2 Å². The Bertz CT molecular complexity index is 531. The van der Waals surface area contributed by atoms with E-state index in [1.165, 1.54) is 0 Å². The average molecular weight is 250 g/mol. The van der Waals surface area contributed by atoms with E-state index in [1.54, 1.807) is 18.7 Å². The minimum atomic E-state index is -2.54. The van der Waals surface area contributed by atoms with Crippen molar-refractivity contribution in [2.75, 3.05) is 0 Å². The van der Waals surface area contributed by atoms with Crippen LogP contribution in [0, 0.1) is 0 Å². The van der Waals surface area contributed by atoms with Gasteiger partial charge >= 0.3 is 0 Å². The number of hydrogen-bond acceptors (Lipinski definition) is 3. The van der Waals surface area contributed by atoms with Gasteiger partial charge in [-0.2, -0.15) is 0 Å². The van der Waals surface area contributed by atoms with E-state index in [9.17, 15) is 8.78 Å². The molecule has 3 nitrogen and oxygen atoms in total. The predicted octanol–water partition coefficient (Wildman–Crippen LogP) is 3.17. The first kappa shape index (κ1) is 11.3. The van der Waals surface area contributed by atoms with E-state index in [4.69, 9.17) is 4.42 Å². The van der Waals surface area contributed by atoms with Gasteiger partial charge in [-0.25, -0.2) is 13.8 Å². The Morgan fingerprint density at radius 2 is 2.00 bits per heavy atom. The Balaban J connectivity index is 1.67. The number of alkyl halides is 2. The van der Waals surface area contributed by atoms with Crippen LogP contribution in [0.2, 0.25) is 0 Å². The van der Waals surface area contributed by atoms with Gasteiger partial charge in [-0.3, -0.25) is 4.98 Å². The maximum Gasteiger partial charge on any atom is 0.249 e. The van der Waals surface area contributed by atoms with Crippen molar-refractivity contribution in [1.29, 1.82) is 0 Å². The zero-order valence-electron chi connectivity index (χ0n) is 9.64. The van der Waals surface area contributed by atoms with Crippen LogP contribution in [0.1, 0.15) is 35.9 Å². The van der Waals surface area contributed by atoms with E-state index in [0.717, 1.165) is 11.3 Å². The van der Waals surface area contributed by atoms with Crippen molar-refractivity contribution in [2.24, 2.45) is 0 Å². The molecule has 0 spiro atoms. The topological polar surface area (TPSA) is 38.9 Å². The van der Waals surface area contributed by atoms with Gasteiger partial charge in [-0.15, -0.1) is 0 Å². The first-order chi connectivity index (χ1) is 8.62. The smallest absolute Gasteiger partial charge is 0.249 e. The number of nitrogens with zero attached hydrogens (tertiary/aromatic N) is 2. The van der Waals surface area contributed by atoms with Crippen LogP contribution in [-0.4, -0.2) is 15.9 Å². The summed E-state index contributed by atoms with van der Waals surface area (Å²) in [5, 5.41) is 0. The third-order valence-corrected chi connectivity index (χ3v) is 3.14. The lowest BCUT2D eigenvalue weighted by atomic mass is 9.81. The number of halogens is 2. The maximum absolute atomic E-state index is 12.8. The largest absolute Gasteiger partial charge is 0.448 e. The van der Waals surface area contributed by atoms with Crippen molar-refractivity contribution in [3.8, 4) is 0 Å². The number of aromatic nitrogens is 2. The minimum Gasteiger partial charge on any atom is -0.448 e. The summed E-state index contributed by atoms with van der Waals surface area (Å²) in [5.41, 5.74) is 1.84. The maximum atomic E-state index is 12.8. The molecular formula is C13H12F2N2O. The summed E-state index contributed by atoms with van der Waals surface area (Å²) in [4.78, 5) is 8.20. The fraction of sp³-hybridized carbons (Fsp3) is 0.385. The van der Waals surface area contributed by atoms with E-state index in [0.29, 0.717) is 12.3 Å². The van der Waals surface area contributed by atoms with Crippen LogP contribution in [0.4, 0.5) is 8.78 Å². The molecular weight excluding hydrogens is 238 g/mol. The predicted molar refractivity (Wildman–Crippen MR) is 60.5 cm³/mol. The quantitative estimate of drug-likeness (QED) is 0.839. The summed E-state index contributed by atoms with van der Waals surface area (Å²) in [6.07, 6.45) is 5.30. The van der Waals surface area contributed by atoms with Gasteiger partial charge in [0.05, 0.1) is 5.69 Å². The molecule has 94 valence electrons. The lowest BCUT2D eigenvalue weighted by molar-refractivity contribution is -0.0918. The van der Waals surface area contributed by atoms with E-state index in [-0.39, 0.29) is 18.8 Å². The molecule has 1 saturated carbocycles. The fourth-order valence-corrected chi connectivity index (χ4v) is 2.14. The minimum absolute atomic E-state index is 0.151. The highest BCUT2D eigenvalue weighted by molar-refractivity contribution is 5.18. The molecule has 1 aliphatic carbocycles. The standard InChI is InChI=1S/C13H12F2N2O/c14-13(15)6-10(7-13)12-17-11(8-18-12)5-9-1-3-16-4-2-9/h1-4,8,10H,5-7H2. The zero-order valence-corrected chi connectivity index (χ0v) is 9.64. The molecule has 0 bridgehead atoms. The van der Waals surface area contributed by atoms with Gasteiger partial charge in [-0.05, 0) is 17.7 Å². The van der Waals surface area contributed by atoms with Crippen molar-refractivity contribution in [3.05, 3.63) is 47.9 Å². The molecule has 0 unspecified atom stereocenters. The van der Waals surface area contributed by atoms with E-state index in [1.807, 2.05) is 12.1 Å². The summed E-state index contributed by atoms with van der Waals surface area (Å²) in [6, 6.07) is 3.79. The molecule has 0 radical (unpaired) electrons. The van der Waals surface area contributed by atoms with Gasteiger partial charge in [0.1, 0.15) is 6.26 Å². The van der Waals surface area contributed by atoms with Crippen molar-refractivity contribution in [2.45, 2.75) is 31.1 Å². The first-order valence-electron chi connectivity index (χ1n) is 5.83. The van der Waals surface area contributed by atoms with E-state index >= 15 is 0 Å². The van der Waals surface area contributed by atoms with Crippen LogP contribution in [-0.2, 0) is 6.42 Å². The van der Waals surface area contributed by atoms with Crippen molar-refractivity contribution >= 4 is 0 Å². The molecule has 1 aliphatic rings. The highest BCUT2D eigenvalue weighted by Crippen LogP contribution is 2.47. The number of hydrogen-bond donors (Lipinski definition) is 0. The van der Waals surface area contributed by atoms with Crippen molar-refractivity contribution in [1.82, 2.24) is 9.97 Å². The third kappa shape index (κ3) is 2.25. The lowest BCUT2D eigenvalue weighted by Gasteiger charge is -2.32. The SMILES string of the molecule is FC1(F)CC(c2nc(Cc3ccncc3)co2)C1. The zero-order chi connectivity index (χ0) is 12.6. The van der Waals surface area contributed by atoms with Crippen LogP contribution in [0.3, 0.4) is 0 Å².